The Kier molecular flexibility index (Phi) is 4.49. The van der Waals surface area contributed by atoms with Gasteiger partial charge >= 0.3 is 0 Å². The number of rotatable bonds is 5. The summed E-state index contributed by atoms with van der Waals surface area (Å²) in [4.78, 5) is 3.15. The van der Waals surface area contributed by atoms with E-state index < -0.39 is 0 Å². The van der Waals surface area contributed by atoms with Gasteiger partial charge in [-0.1, -0.05) is 29.3 Å². The maximum absolute atomic E-state index is 6.09. The molecule has 2 aromatic rings. The van der Waals surface area contributed by atoms with E-state index in [4.69, 9.17) is 23.2 Å². The fraction of sp³-hybridized carbons (Fsp3) is 0.231. The second kappa shape index (κ2) is 6.10. The first-order valence-corrected chi connectivity index (χ1v) is 6.28. The van der Waals surface area contributed by atoms with E-state index in [2.05, 4.69) is 16.4 Å². The highest BCUT2D eigenvalue weighted by Gasteiger charge is 2.01. The van der Waals surface area contributed by atoms with Crippen LogP contribution in [0, 0.1) is 0 Å². The van der Waals surface area contributed by atoms with E-state index in [1.54, 1.807) is 6.07 Å². The fourth-order valence-electron chi connectivity index (χ4n) is 1.65. The summed E-state index contributed by atoms with van der Waals surface area (Å²) in [6.45, 7) is 1.73. The molecule has 0 aliphatic rings. The van der Waals surface area contributed by atoms with Crippen molar-refractivity contribution in [3.63, 3.8) is 0 Å². The molecule has 0 unspecified atom stereocenters. The van der Waals surface area contributed by atoms with Crippen LogP contribution in [0.3, 0.4) is 0 Å². The van der Waals surface area contributed by atoms with Gasteiger partial charge in [-0.25, -0.2) is 0 Å². The van der Waals surface area contributed by atoms with Gasteiger partial charge < -0.3 is 10.3 Å². The van der Waals surface area contributed by atoms with Gasteiger partial charge in [-0.3, -0.25) is 0 Å². The number of hydrogen-bond donors (Lipinski definition) is 2. The molecule has 1 aromatic heterocycles. The Morgan fingerprint density at radius 2 is 2.06 bits per heavy atom. The summed E-state index contributed by atoms with van der Waals surface area (Å²) in [6, 6.07) is 9.67. The van der Waals surface area contributed by atoms with Gasteiger partial charge in [0.25, 0.3) is 0 Å². The van der Waals surface area contributed by atoms with Crippen LogP contribution in [0.2, 0.25) is 10.0 Å². The molecule has 0 fully saturated rings. The predicted molar refractivity (Wildman–Crippen MR) is 72.7 cm³/mol. The normalized spacial score (nSPS) is 10.7. The SMILES string of the molecule is Clc1ccc(CCNCc2ccc[nH]2)c(Cl)c1. The third kappa shape index (κ3) is 3.77. The van der Waals surface area contributed by atoms with Gasteiger partial charge in [-0.2, -0.15) is 0 Å². The summed E-state index contributed by atoms with van der Waals surface area (Å²) in [5.74, 6) is 0. The molecule has 0 amide bonds. The van der Waals surface area contributed by atoms with Gasteiger partial charge in [0, 0.05) is 28.5 Å². The van der Waals surface area contributed by atoms with Crippen LogP contribution >= 0.6 is 23.2 Å². The highest BCUT2D eigenvalue weighted by molar-refractivity contribution is 6.35. The summed E-state index contributed by atoms with van der Waals surface area (Å²) < 4.78 is 0. The summed E-state index contributed by atoms with van der Waals surface area (Å²) in [7, 11) is 0. The largest absolute Gasteiger partial charge is 0.364 e. The minimum atomic E-state index is 0.679. The van der Waals surface area contributed by atoms with Gasteiger partial charge in [0.15, 0.2) is 0 Å². The first-order chi connectivity index (χ1) is 8.25. The molecule has 0 atom stereocenters. The first kappa shape index (κ1) is 12.5. The van der Waals surface area contributed by atoms with E-state index in [0.29, 0.717) is 5.02 Å². The molecular weight excluding hydrogens is 255 g/mol. The van der Waals surface area contributed by atoms with E-state index in [1.807, 2.05) is 24.4 Å². The van der Waals surface area contributed by atoms with Crippen molar-refractivity contribution in [1.82, 2.24) is 10.3 Å². The Morgan fingerprint density at radius 1 is 1.18 bits per heavy atom. The lowest BCUT2D eigenvalue weighted by atomic mass is 10.1. The van der Waals surface area contributed by atoms with Crippen molar-refractivity contribution in [3.05, 3.63) is 57.8 Å². The van der Waals surface area contributed by atoms with Crippen LogP contribution in [-0.4, -0.2) is 11.5 Å². The van der Waals surface area contributed by atoms with Gasteiger partial charge in [0.2, 0.25) is 0 Å². The monoisotopic (exact) mass is 268 g/mol. The summed E-state index contributed by atoms with van der Waals surface area (Å²) >= 11 is 11.9. The van der Waals surface area contributed by atoms with Crippen LogP contribution in [-0.2, 0) is 13.0 Å². The van der Waals surface area contributed by atoms with Crippen LogP contribution in [0.5, 0.6) is 0 Å². The number of hydrogen-bond acceptors (Lipinski definition) is 1. The molecule has 0 aliphatic carbocycles. The van der Waals surface area contributed by atoms with Crippen LogP contribution in [0.15, 0.2) is 36.5 Å². The molecule has 0 bridgehead atoms. The highest BCUT2D eigenvalue weighted by Crippen LogP contribution is 2.20. The lowest BCUT2D eigenvalue weighted by Gasteiger charge is -2.06. The topological polar surface area (TPSA) is 27.8 Å². The van der Waals surface area contributed by atoms with E-state index >= 15 is 0 Å². The Hall–Kier alpha value is -0.960. The molecular formula is C13H14Cl2N2. The predicted octanol–water partition coefficient (Wildman–Crippen LogP) is 3.65. The number of aromatic nitrogens is 1. The first-order valence-electron chi connectivity index (χ1n) is 5.52. The fourth-order valence-corrected chi connectivity index (χ4v) is 2.15. The molecule has 2 N–H and O–H groups in total. The molecule has 0 radical (unpaired) electrons. The van der Waals surface area contributed by atoms with Gasteiger partial charge in [0.1, 0.15) is 0 Å². The van der Waals surface area contributed by atoms with Gasteiger partial charge in [-0.15, -0.1) is 0 Å². The summed E-state index contributed by atoms with van der Waals surface area (Å²) in [5.41, 5.74) is 2.31. The zero-order chi connectivity index (χ0) is 12.1. The molecule has 2 rings (SSSR count). The summed E-state index contributed by atoms with van der Waals surface area (Å²) in [6.07, 6.45) is 2.82. The highest BCUT2D eigenvalue weighted by atomic mass is 35.5. The Balaban J connectivity index is 1.78. The van der Waals surface area contributed by atoms with Crippen molar-refractivity contribution in [2.75, 3.05) is 6.54 Å². The van der Waals surface area contributed by atoms with Crippen LogP contribution in [0.4, 0.5) is 0 Å². The third-order valence-electron chi connectivity index (χ3n) is 2.56. The zero-order valence-corrected chi connectivity index (χ0v) is 10.9. The number of nitrogens with one attached hydrogen (secondary N) is 2. The Labute approximate surface area is 111 Å². The number of benzene rings is 1. The molecule has 1 heterocycles. The van der Waals surface area contributed by atoms with E-state index in [9.17, 15) is 0 Å². The Morgan fingerprint density at radius 3 is 2.76 bits per heavy atom. The Bertz CT molecular complexity index is 466. The van der Waals surface area contributed by atoms with Crippen molar-refractivity contribution >= 4 is 23.2 Å². The standard InChI is InChI=1S/C13H14Cl2N2/c14-11-4-3-10(13(15)8-11)5-7-16-9-12-2-1-6-17-12/h1-4,6,8,16-17H,5,7,9H2. The lowest BCUT2D eigenvalue weighted by Crippen LogP contribution is -2.16. The molecule has 0 spiro atoms. The molecule has 0 saturated heterocycles. The molecule has 2 nitrogen and oxygen atoms in total. The second-order valence-electron chi connectivity index (χ2n) is 3.86. The molecule has 90 valence electrons. The van der Waals surface area contributed by atoms with E-state index in [1.165, 1.54) is 5.69 Å². The van der Waals surface area contributed by atoms with Crippen LogP contribution in [0.25, 0.3) is 0 Å². The minimum absolute atomic E-state index is 0.679. The maximum atomic E-state index is 6.09. The maximum Gasteiger partial charge on any atom is 0.0453 e. The van der Waals surface area contributed by atoms with Gasteiger partial charge in [-0.05, 0) is 42.8 Å². The average Bonchev–Trinajstić information content (AvgIpc) is 2.79. The molecule has 1 aromatic carbocycles. The zero-order valence-electron chi connectivity index (χ0n) is 9.34. The van der Waals surface area contributed by atoms with Gasteiger partial charge in [0.05, 0.1) is 0 Å². The lowest BCUT2D eigenvalue weighted by molar-refractivity contribution is 0.677. The third-order valence-corrected chi connectivity index (χ3v) is 3.15. The van der Waals surface area contributed by atoms with Crippen molar-refractivity contribution in [2.24, 2.45) is 0 Å². The van der Waals surface area contributed by atoms with Crippen molar-refractivity contribution in [2.45, 2.75) is 13.0 Å². The van der Waals surface area contributed by atoms with Crippen molar-refractivity contribution < 1.29 is 0 Å². The molecule has 0 saturated carbocycles. The van der Waals surface area contributed by atoms with Crippen LogP contribution in [0.1, 0.15) is 11.3 Å². The minimum Gasteiger partial charge on any atom is -0.364 e. The number of halogens is 2. The van der Waals surface area contributed by atoms with E-state index in [0.717, 1.165) is 30.1 Å². The average molecular weight is 269 g/mol. The summed E-state index contributed by atoms with van der Waals surface area (Å²) in [5, 5.41) is 4.77. The molecule has 4 heteroatoms. The molecule has 0 aliphatic heterocycles. The van der Waals surface area contributed by atoms with E-state index in [-0.39, 0.29) is 0 Å². The van der Waals surface area contributed by atoms with Crippen molar-refractivity contribution in [1.29, 1.82) is 0 Å². The quantitative estimate of drug-likeness (QED) is 0.796. The van der Waals surface area contributed by atoms with Crippen LogP contribution < -0.4 is 5.32 Å². The second-order valence-corrected chi connectivity index (χ2v) is 4.70. The molecule has 17 heavy (non-hydrogen) atoms. The van der Waals surface area contributed by atoms with Crippen molar-refractivity contribution in [3.8, 4) is 0 Å². The number of aromatic amines is 1. The number of H-pyrrole nitrogens is 1. The smallest absolute Gasteiger partial charge is 0.0453 e.